The van der Waals surface area contributed by atoms with Gasteiger partial charge in [0.2, 0.25) is 0 Å². The number of hydrogen-bond acceptors (Lipinski definition) is 4. The third-order valence-corrected chi connectivity index (χ3v) is 4.65. The van der Waals surface area contributed by atoms with E-state index in [4.69, 9.17) is 4.74 Å². The van der Waals surface area contributed by atoms with Crippen molar-refractivity contribution < 1.29 is 14.3 Å². The van der Waals surface area contributed by atoms with Crippen LogP contribution in [0.1, 0.15) is 5.56 Å². The molecule has 2 aromatic rings. The maximum Gasteiger partial charge on any atom is 0.313 e. The molecule has 1 N–H and O–H groups in total. The fourth-order valence-corrected chi connectivity index (χ4v) is 3.06. The van der Waals surface area contributed by atoms with Crippen molar-refractivity contribution in [3.8, 4) is 5.75 Å². The Bertz CT molecular complexity index is 828. The van der Waals surface area contributed by atoms with Crippen LogP contribution in [0.5, 0.6) is 5.75 Å². The molecule has 0 bridgehead atoms. The predicted molar refractivity (Wildman–Crippen MR) is 110 cm³/mol. The highest BCUT2D eigenvalue weighted by atomic mass is 16.5. The van der Waals surface area contributed by atoms with Crippen molar-refractivity contribution in [2.75, 3.05) is 45.2 Å². The Hall–Kier alpha value is -3.12. The Morgan fingerprint density at radius 2 is 1.79 bits per heavy atom. The average molecular weight is 379 g/mol. The van der Waals surface area contributed by atoms with Gasteiger partial charge in [-0.05, 0) is 17.7 Å². The summed E-state index contributed by atoms with van der Waals surface area (Å²) in [6.45, 7) is 3.41. The van der Waals surface area contributed by atoms with Gasteiger partial charge in [0, 0.05) is 44.5 Å². The lowest BCUT2D eigenvalue weighted by Crippen LogP contribution is -2.51. The molecule has 2 amide bonds. The fourth-order valence-electron chi connectivity index (χ4n) is 3.06. The first-order valence-corrected chi connectivity index (χ1v) is 9.34. The molecule has 3 rings (SSSR count). The molecule has 1 aliphatic rings. The minimum Gasteiger partial charge on any atom is -0.497 e. The molecule has 1 saturated heterocycles. The quantitative estimate of drug-likeness (QED) is 0.811. The molecule has 6 nitrogen and oxygen atoms in total. The van der Waals surface area contributed by atoms with E-state index in [1.807, 2.05) is 18.2 Å². The van der Waals surface area contributed by atoms with Gasteiger partial charge >= 0.3 is 11.8 Å². The second kappa shape index (κ2) is 9.71. The van der Waals surface area contributed by atoms with Crippen molar-refractivity contribution in [2.24, 2.45) is 0 Å². The fraction of sp³-hybridized carbons (Fsp3) is 0.273. The summed E-state index contributed by atoms with van der Waals surface area (Å²) in [5.74, 6) is -0.490. The van der Waals surface area contributed by atoms with Crippen molar-refractivity contribution in [1.82, 2.24) is 9.80 Å². The lowest BCUT2D eigenvalue weighted by Gasteiger charge is -2.33. The lowest BCUT2D eigenvalue weighted by atomic mass is 10.2. The summed E-state index contributed by atoms with van der Waals surface area (Å²) in [5, 5.41) is 2.64. The number of piperazine rings is 1. The van der Waals surface area contributed by atoms with E-state index in [1.165, 1.54) is 5.56 Å². The van der Waals surface area contributed by atoms with Gasteiger partial charge in [-0.25, -0.2) is 0 Å². The Morgan fingerprint density at radius 1 is 1.04 bits per heavy atom. The molecule has 146 valence electrons. The average Bonchev–Trinajstić information content (AvgIpc) is 2.74. The van der Waals surface area contributed by atoms with Crippen LogP contribution < -0.4 is 10.1 Å². The summed E-state index contributed by atoms with van der Waals surface area (Å²) in [5.41, 5.74) is 1.72. The van der Waals surface area contributed by atoms with Crippen molar-refractivity contribution in [1.29, 1.82) is 0 Å². The van der Waals surface area contributed by atoms with Gasteiger partial charge in [-0.15, -0.1) is 0 Å². The second-order valence-corrected chi connectivity index (χ2v) is 6.59. The molecule has 0 unspecified atom stereocenters. The predicted octanol–water partition coefficient (Wildman–Crippen LogP) is 2.49. The van der Waals surface area contributed by atoms with Crippen LogP contribution in [0.2, 0.25) is 0 Å². The number of nitrogens with zero attached hydrogens (tertiary/aromatic N) is 2. The summed E-state index contributed by atoms with van der Waals surface area (Å²) < 4.78 is 5.13. The molecular formula is C22H25N3O3. The van der Waals surface area contributed by atoms with Crippen LogP contribution in [0.3, 0.4) is 0 Å². The Kier molecular flexibility index (Phi) is 6.81. The number of methoxy groups -OCH3 is 1. The first-order chi connectivity index (χ1) is 13.7. The molecule has 0 atom stereocenters. The number of ether oxygens (including phenoxy) is 1. The van der Waals surface area contributed by atoms with E-state index in [0.717, 1.165) is 19.6 Å². The third-order valence-electron chi connectivity index (χ3n) is 4.65. The van der Waals surface area contributed by atoms with Gasteiger partial charge in [-0.2, -0.15) is 0 Å². The molecule has 1 heterocycles. The molecule has 0 radical (unpaired) electrons. The topological polar surface area (TPSA) is 61.9 Å². The first-order valence-electron chi connectivity index (χ1n) is 9.34. The van der Waals surface area contributed by atoms with Crippen LogP contribution in [0.4, 0.5) is 5.69 Å². The standard InChI is InChI=1S/C22H25N3O3/c1-28-20-11-5-10-19(17-20)23-21(26)22(27)25-15-13-24(14-16-25)12-6-9-18-7-3-2-4-8-18/h2-11,17H,12-16H2,1H3,(H,23,26)/b9-6+. The van der Waals surface area contributed by atoms with Crippen molar-refractivity contribution in [3.05, 3.63) is 66.2 Å². The molecule has 28 heavy (non-hydrogen) atoms. The van der Waals surface area contributed by atoms with Gasteiger partial charge in [-0.3, -0.25) is 14.5 Å². The number of anilines is 1. The van der Waals surface area contributed by atoms with Gasteiger partial charge in [0.1, 0.15) is 5.75 Å². The number of hydrogen-bond donors (Lipinski definition) is 1. The molecule has 0 aliphatic carbocycles. The summed E-state index contributed by atoms with van der Waals surface area (Å²) >= 11 is 0. The van der Waals surface area contributed by atoms with Crippen LogP contribution in [0.25, 0.3) is 6.08 Å². The first kappa shape index (κ1) is 19.6. The molecule has 6 heteroatoms. The molecule has 2 aromatic carbocycles. The number of carbonyl (C=O) groups is 2. The van der Waals surface area contributed by atoms with Crippen molar-refractivity contribution >= 4 is 23.6 Å². The highest BCUT2D eigenvalue weighted by molar-refractivity contribution is 6.39. The summed E-state index contributed by atoms with van der Waals surface area (Å²) in [7, 11) is 1.56. The van der Waals surface area contributed by atoms with Gasteiger partial charge < -0.3 is 15.0 Å². The van der Waals surface area contributed by atoms with E-state index in [9.17, 15) is 9.59 Å². The molecule has 0 saturated carbocycles. The normalized spacial score (nSPS) is 14.8. The number of benzene rings is 2. The second-order valence-electron chi connectivity index (χ2n) is 6.59. The minimum absolute atomic E-state index is 0.498. The monoisotopic (exact) mass is 379 g/mol. The zero-order valence-electron chi connectivity index (χ0n) is 16.0. The van der Waals surface area contributed by atoms with Crippen molar-refractivity contribution in [2.45, 2.75) is 0 Å². The van der Waals surface area contributed by atoms with Gasteiger partial charge in [0.25, 0.3) is 0 Å². The van der Waals surface area contributed by atoms with E-state index < -0.39 is 11.8 Å². The van der Waals surface area contributed by atoms with Crippen LogP contribution in [0.15, 0.2) is 60.7 Å². The van der Waals surface area contributed by atoms with Crippen LogP contribution >= 0.6 is 0 Å². The van der Waals surface area contributed by atoms with Crippen LogP contribution in [-0.4, -0.2) is 61.4 Å². The SMILES string of the molecule is COc1cccc(NC(=O)C(=O)N2CCN(C/C=C/c3ccccc3)CC2)c1. The molecule has 1 aliphatic heterocycles. The van der Waals surface area contributed by atoms with Crippen LogP contribution in [0, 0.1) is 0 Å². The Balaban J connectivity index is 1.45. The molecular weight excluding hydrogens is 354 g/mol. The van der Waals surface area contributed by atoms with E-state index in [0.29, 0.717) is 24.5 Å². The number of carbonyl (C=O) groups excluding carboxylic acids is 2. The zero-order valence-corrected chi connectivity index (χ0v) is 16.0. The summed E-state index contributed by atoms with van der Waals surface area (Å²) in [6.07, 6.45) is 4.22. The number of rotatable bonds is 5. The van der Waals surface area contributed by atoms with Crippen LogP contribution in [-0.2, 0) is 9.59 Å². The summed E-state index contributed by atoms with van der Waals surface area (Å²) in [4.78, 5) is 28.5. The maximum absolute atomic E-state index is 12.4. The van der Waals surface area contributed by atoms with Gasteiger partial charge in [0.05, 0.1) is 7.11 Å². The largest absolute Gasteiger partial charge is 0.497 e. The third kappa shape index (κ3) is 5.44. The van der Waals surface area contributed by atoms with Gasteiger partial charge in [0.15, 0.2) is 0 Å². The van der Waals surface area contributed by atoms with Gasteiger partial charge in [-0.1, -0.05) is 48.6 Å². The Labute approximate surface area is 165 Å². The van der Waals surface area contributed by atoms with E-state index in [2.05, 4.69) is 34.5 Å². The van der Waals surface area contributed by atoms with E-state index in [-0.39, 0.29) is 0 Å². The maximum atomic E-state index is 12.4. The molecule has 0 spiro atoms. The minimum atomic E-state index is -0.620. The van der Waals surface area contributed by atoms with Crippen molar-refractivity contribution in [3.63, 3.8) is 0 Å². The smallest absolute Gasteiger partial charge is 0.313 e. The number of amides is 2. The lowest BCUT2D eigenvalue weighted by molar-refractivity contribution is -0.144. The Morgan fingerprint density at radius 3 is 2.50 bits per heavy atom. The zero-order chi connectivity index (χ0) is 19.8. The van der Waals surface area contributed by atoms with E-state index >= 15 is 0 Å². The molecule has 0 aromatic heterocycles. The highest BCUT2D eigenvalue weighted by Crippen LogP contribution is 2.16. The number of nitrogens with one attached hydrogen (secondary N) is 1. The molecule has 1 fully saturated rings. The summed E-state index contributed by atoms with van der Waals surface area (Å²) in [6, 6.07) is 17.1. The van der Waals surface area contributed by atoms with E-state index in [1.54, 1.807) is 36.3 Å². The highest BCUT2D eigenvalue weighted by Gasteiger charge is 2.25.